The largest absolute Gasteiger partial charge is 0.396 e. The van der Waals surface area contributed by atoms with Crippen LogP contribution in [-0.2, 0) is 0 Å². The van der Waals surface area contributed by atoms with Crippen LogP contribution in [0.4, 0.5) is 0 Å². The van der Waals surface area contributed by atoms with Crippen LogP contribution in [0.1, 0.15) is 58.8 Å². The van der Waals surface area contributed by atoms with E-state index in [2.05, 4.69) is 27.4 Å². The number of aliphatic imine (C=N–C) groups is 1. The van der Waals surface area contributed by atoms with Gasteiger partial charge in [-0.15, -0.1) is 24.0 Å². The topological polar surface area (TPSA) is 59.9 Å². The molecule has 0 spiro atoms. The third kappa shape index (κ3) is 7.44. The van der Waals surface area contributed by atoms with Crippen molar-refractivity contribution in [2.45, 2.75) is 70.9 Å². The maximum atomic E-state index is 9.16. The van der Waals surface area contributed by atoms with Crippen LogP contribution in [0.15, 0.2) is 4.99 Å². The molecule has 1 saturated heterocycles. The second-order valence-electron chi connectivity index (χ2n) is 7.28. The molecule has 0 bridgehead atoms. The van der Waals surface area contributed by atoms with Crippen LogP contribution in [-0.4, -0.2) is 60.8 Å². The molecule has 1 aliphatic heterocycles. The van der Waals surface area contributed by atoms with E-state index in [1.807, 2.05) is 6.92 Å². The van der Waals surface area contributed by atoms with E-state index >= 15 is 0 Å². The maximum Gasteiger partial charge on any atom is 0.191 e. The average molecular weight is 452 g/mol. The number of halogens is 1. The molecule has 2 atom stereocenters. The van der Waals surface area contributed by atoms with E-state index < -0.39 is 0 Å². The van der Waals surface area contributed by atoms with E-state index in [0.29, 0.717) is 12.6 Å². The highest BCUT2D eigenvalue weighted by Gasteiger charge is 2.27. The SMILES string of the molecule is CCNC(=NCC(C)CO)NC1CCCN(C2CCCCC2)C1.I. The standard InChI is InChI=1S/C18H36N4O.HI/c1-3-19-18(20-12-15(2)14-23)21-16-8-7-11-22(13-16)17-9-5-4-6-10-17;/h15-17,23H,3-14H2,1-2H3,(H2,19,20,21);1H. The summed E-state index contributed by atoms with van der Waals surface area (Å²) in [6.45, 7) is 8.27. The Hall–Kier alpha value is -0.0800. The van der Waals surface area contributed by atoms with Gasteiger partial charge in [-0.3, -0.25) is 9.89 Å². The zero-order valence-electron chi connectivity index (χ0n) is 15.5. The first-order chi connectivity index (χ1) is 11.2. The minimum Gasteiger partial charge on any atom is -0.396 e. The lowest BCUT2D eigenvalue weighted by Crippen LogP contribution is -2.53. The minimum atomic E-state index is 0. The van der Waals surface area contributed by atoms with Gasteiger partial charge >= 0.3 is 0 Å². The molecule has 6 heteroatoms. The van der Waals surface area contributed by atoms with Crippen LogP contribution < -0.4 is 10.6 Å². The van der Waals surface area contributed by atoms with E-state index in [9.17, 15) is 0 Å². The Bertz CT molecular complexity index is 361. The first-order valence-electron chi connectivity index (χ1n) is 9.62. The maximum absolute atomic E-state index is 9.16. The summed E-state index contributed by atoms with van der Waals surface area (Å²) in [6, 6.07) is 1.30. The number of guanidine groups is 1. The molecule has 0 aromatic heterocycles. The third-order valence-corrected chi connectivity index (χ3v) is 5.10. The van der Waals surface area contributed by atoms with Crippen molar-refractivity contribution in [3.8, 4) is 0 Å². The second kappa shape index (κ2) is 12.3. The molecule has 5 nitrogen and oxygen atoms in total. The van der Waals surface area contributed by atoms with Crippen molar-refractivity contribution in [1.29, 1.82) is 0 Å². The quantitative estimate of drug-likeness (QED) is 0.330. The van der Waals surface area contributed by atoms with Crippen LogP contribution in [0.3, 0.4) is 0 Å². The lowest BCUT2D eigenvalue weighted by molar-refractivity contribution is 0.115. The fourth-order valence-corrected chi connectivity index (χ4v) is 3.72. The Labute approximate surface area is 165 Å². The number of aliphatic hydroxyl groups is 1. The van der Waals surface area contributed by atoms with Gasteiger partial charge in [0.05, 0.1) is 0 Å². The summed E-state index contributed by atoms with van der Waals surface area (Å²) in [4.78, 5) is 7.34. The van der Waals surface area contributed by atoms with Gasteiger partial charge in [0.15, 0.2) is 5.96 Å². The van der Waals surface area contributed by atoms with Crippen LogP contribution in [0.25, 0.3) is 0 Å². The number of hydrogen-bond donors (Lipinski definition) is 3. The van der Waals surface area contributed by atoms with E-state index in [-0.39, 0.29) is 36.5 Å². The minimum absolute atomic E-state index is 0. The van der Waals surface area contributed by atoms with Gasteiger partial charge in [0.2, 0.25) is 0 Å². The number of hydrogen-bond acceptors (Lipinski definition) is 3. The molecule has 2 unspecified atom stereocenters. The lowest BCUT2D eigenvalue weighted by Gasteiger charge is -2.40. The van der Waals surface area contributed by atoms with Gasteiger partial charge in [0.25, 0.3) is 0 Å². The normalized spacial score (nSPS) is 25.0. The number of nitrogens with one attached hydrogen (secondary N) is 2. The van der Waals surface area contributed by atoms with Crippen LogP contribution in [0.5, 0.6) is 0 Å². The Balaban J connectivity index is 0.00000288. The monoisotopic (exact) mass is 452 g/mol. The Kier molecular flexibility index (Phi) is 11.3. The van der Waals surface area contributed by atoms with Crippen molar-refractivity contribution in [2.75, 3.05) is 32.8 Å². The number of likely N-dealkylation sites (tertiary alicyclic amines) is 1. The highest BCUT2D eigenvalue weighted by molar-refractivity contribution is 14.0. The number of rotatable bonds is 6. The average Bonchev–Trinajstić information content (AvgIpc) is 2.60. The fourth-order valence-electron chi connectivity index (χ4n) is 3.72. The van der Waals surface area contributed by atoms with Gasteiger partial charge in [-0.2, -0.15) is 0 Å². The Morgan fingerprint density at radius 3 is 2.62 bits per heavy atom. The molecular weight excluding hydrogens is 415 g/mol. The molecule has 0 radical (unpaired) electrons. The Morgan fingerprint density at radius 2 is 1.96 bits per heavy atom. The summed E-state index contributed by atoms with van der Waals surface area (Å²) in [5, 5.41) is 16.1. The zero-order chi connectivity index (χ0) is 16.5. The summed E-state index contributed by atoms with van der Waals surface area (Å²) in [7, 11) is 0. The van der Waals surface area contributed by atoms with Gasteiger partial charge in [-0.25, -0.2) is 0 Å². The smallest absolute Gasteiger partial charge is 0.191 e. The second-order valence-corrected chi connectivity index (χ2v) is 7.28. The molecule has 2 rings (SSSR count). The number of aliphatic hydroxyl groups excluding tert-OH is 1. The van der Waals surface area contributed by atoms with Crippen molar-refractivity contribution in [1.82, 2.24) is 15.5 Å². The first kappa shape index (κ1) is 22.0. The van der Waals surface area contributed by atoms with E-state index in [0.717, 1.165) is 25.1 Å². The molecule has 2 aliphatic rings. The van der Waals surface area contributed by atoms with Crippen molar-refractivity contribution < 1.29 is 5.11 Å². The number of piperidine rings is 1. The van der Waals surface area contributed by atoms with Gasteiger partial charge in [-0.05, 0) is 45.1 Å². The first-order valence-corrected chi connectivity index (χ1v) is 9.62. The summed E-state index contributed by atoms with van der Waals surface area (Å²) in [5.74, 6) is 1.12. The summed E-state index contributed by atoms with van der Waals surface area (Å²) in [5.41, 5.74) is 0. The lowest BCUT2D eigenvalue weighted by atomic mass is 9.92. The van der Waals surface area contributed by atoms with Crippen molar-refractivity contribution in [2.24, 2.45) is 10.9 Å². The third-order valence-electron chi connectivity index (χ3n) is 5.10. The highest BCUT2D eigenvalue weighted by Crippen LogP contribution is 2.25. The van der Waals surface area contributed by atoms with Gasteiger partial charge in [-0.1, -0.05) is 26.2 Å². The van der Waals surface area contributed by atoms with Crippen LogP contribution in [0.2, 0.25) is 0 Å². The predicted octanol–water partition coefficient (Wildman–Crippen LogP) is 2.59. The molecule has 1 heterocycles. The van der Waals surface area contributed by atoms with Crippen LogP contribution in [0, 0.1) is 5.92 Å². The van der Waals surface area contributed by atoms with Crippen LogP contribution >= 0.6 is 24.0 Å². The molecule has 0 amide bonds. The Morgan fingerprint density at radius 1 is 1.21 bits per heavy atom. The molecular formula is C18H37IN4O. The number of nitrogens with zero attached hydrogens (tertiary/aromatic N) is 2. The van der Waals surface area contributed by atoms with E-state index in [4.69, 9.17) is 5.11 Å². The van der Waals surface area contributed by atoms with Crippen molar-refractivity contribution in [3.05, 3.63) is 0 Å². The molecule has 0 aromatic rings. The zero-order valence-corrected chi connectivity index (χ0v) is 17.8. The fraction of sp³-hybridized carbons (Fsp3) is 0.944. The van der Waals surface area contributed by atoms with E-state index in [1.54, 1.807) is 0 Å². The summed E-state index contributed by atoms with van der Waals surface area (Å²) in [6.07, 6.45) is 9.50. The van der Waals surface area contributed by atoms with Gasteiger partial charge in [0.1, 0.15) is 0 Å². The molecule has 3 N–H and O–H groups in total. The van der Waals surface area contributed by atoms with Crippen molar-refractivity contribution >= 4 is 29.9 Å². The molecule has 0 aromatic carbocycles. The summed E-state index contributed by atoms with van der Waals surface area (Å²) < 4.78 is 0. The predicted molar refractivity (Wildman–Crippen MR) is 112 cm³/mol. The molecule has 2 fully saturated rings. The summed E-state index contributed by atoms with van der Waals surface area (Å²) >= 11 is 0. The van der Waals surface area contributed by atoms with Gasteiger partial charge < -0.3 is 15.7 Å². The highest BCUT2D eigenvalue weighted by atomic mass is 127. The van der Waals surface area contributed by atoms with E-state index in [1.165, 1.54) is 51.5 Å². The van der Waals surface area contributed by atoms with Gasteiger partial charge in [0, 0.05) is 38.3 Å². The molecule has 24 heavy (non-hydrogen) atoms. The molecule has 1 aliphatic carbocycles. The molecule has 142 valence electrons. The molecule has 1 saturated carbocycles. The van der Waals surface area contributed by atoms with Crippen molar-refractivity contribution in [3.63, 3.8) is 0 Å².